The predicted molar refractivity (Wildman–Crippen MR) is 116 cm³/mol. The topological polar surface area (TPSA) is 50.2 Å². The van der Waals surface area contributed by atoms with Gasteiger partial charge in [-0.1, -0.05) is 43.5 Å². The Balaban J connectivity index is 1.48. The number of hydrogen-bond acceptors (Lipinski definition) is 2. The number of urea groups is 1. The predicted octanol–water partition coefficient (Wildman–Crippen LogP) is 5.44. The van der Waals surface area contributed by atoms with Gasteiger partial charge in [0.1, 0.15) is 5.82 Å². The number of benzene rings is 2. The number of carbonyl (C=O) groups excluding carboxylic acids is 1. The molecule has 1 heterocycles. The first kappa shape index (κ1) is 20.1. The minimum absolute atomic E-state index is 0.109. The van der Waals surface area contributed by atoms with E-state index in [1.807, 2.05) is 46.1 Å². The minimum Gasteiger partial charge on any atom is -0.317 e. The van der Waals surface area contributed by atoms with Crippen molar-refractivity contribution in [2.45, 2.75) is 51.2 Å². The molecule has 4 rings (SSSR count). The van der Waals surface area contributed by atoms with Gasteiger partial charge in [0, 0.05) is 30.7 Å². The van der Waals surface area contributed by atoms with E-state index in [1.54, 1.807) is 18.3 Å². The molecule has 1 aliphatic carbocycles. The van der Waals surface area contributed by atoms with Gasteiger partial charge in [0.15, 0.2) is 0 Å². The Kier molecular flexibility index (Phi) is 6.42. The van der Waals surface area contributed by atoms with Crippen LogP contribution in [0.5, 0.6) is 0 Å². The fourth-order valence-corrected chi connectivity index (χ4v) is 4.07. The Bertz CT molecular complexity index is 950. The molecule has 1 aliphatic rings. The maximum absolute atomic E-state index is 13.3. The van der Waals surface area contributed by atoms with Crippen LogP contribution < -0.4 is 5.32 Å². The first-order valence-corrected chi connectivity index (χ1v) is 10.6. The number of amides is 2. The molecule has 2 aromatic carbocycles. The van der Waals surface area contributed by atoms with Crippen molar-refractivity contribution in [3.63, 3.8) is 0 Å². The van der Waals surface area contributed by atoms with E-state index < -0.39 is 0 Å². The summed E-state index contributed by atoms with van der Waals surface area (Å²) in [6.45, 7) is 1.13. The van der Waals surface area contributed by atoms with Gasteiger partial charge in [-0.05, 0) is 54.3 Å². The van der Waals surface area contributed by atoms with Gasteiger partial charge in [0.2, 0.25) is 0 Å². The summed E-state index contributed by atoms with van der Waals surface area (Å²) in [5.41, 5.74) is 2.77. The van der Waals surface area contributed by atoms with Crippen LogP contribution in [-0.4, -0.2) is 26.8 Å². The third-order valence-corrected chi connectivity index (χ3v) is 5.62. The third-order valence-electron chi connectivity index (χ3n) is 5.62. The van der Waals surface area contributed by atoms with Crippen LogP contribution in [0.2, 0.25) is 0 Å². The quantitative estimate of drug-likeness (QED) is 0.593. The van der Waals surface area contributed by atoms with Crippen LogP contribution in [0, 0.1) is 5.82 Å². The molecule has 0 aliphatic heterocycles. The molecule has 1 fully saturated rings. The molecule has 0 unspecified atom stereocenters. The van der Waals surface area contributed by atoms with E-state index in [9.17, 15) is 9.18 Å². The zero-order valence-electron chi connectivity index (χ0n) is 17.0. The normalized spacial score (nSPS) is 14.4. The highest BCUT2D eigenvalue weighted by Gasteiger charge is 2.25. The van der Waals surface area contributed by atoms with Crippen LogP contribution in [0.3, 0.4) is 0 Å². The Labute approximate surface area is 176 Å². The van der Waals surface area contributed by atoms with E-state index >= 15 is 0 Å². The van der Waals surface area contributed by atoms with Crippen LogP contribution in [0.1, 0.15) is 43.2 Å². The molecular formula is C24H27FN4O. The lowest BCUT2D eigenvalue weighted by atomic mass is 9.94. The molecule has 0 saturated heterocycles. The molecule has 30 heavy (non-hydrogen) atoms. The second-order valence-corrected chi connectivity index (χ2v) is 7.88. The van der Waals surface area contributed by atoms with Crippen LogP contribution >= 0.6 is 0 Å². The SMILES string of the molecule is O=C(Nc1cccc(Cn2cccn2)c1)N(Cc1ccc(F)cc1)C1CCCCC1. The van der Waals surface area contributed by atoms with Gasteiger partial charge < -0.3 is 10.2 Å². The van der Waals surface area contributed by atoms with Crippen molar-refractivity contribution in [1.82, 2.24) is 14.7 Å². The van der Waals surface area contributed by atoms with Gasteiger partial charge in [0.25, 0.3) is 0 Å². The van der Waals surface area contributed by atoms with Crippen molar-refractivity contribution in [3.8, 4) is 0 Å². The maximum atomic E-state index is 13.3. The zero-order valence-corrected chi connectivity index (χ0v) is 17.0. The number of aromatic nitrogens is 2. The van der Waals surface area contributed by atoms with Gasteiger partial charge in [0.05, 0.1) is 6.54 Å². The smallest absolute Gasteiger partial charge is 0.317 e. The van der Waals surface area contributed by atoms with Gasteiger partial charge in [-0.25, -0.2) is 9.18 Å². The van der Waals surface area contributed by atoms with E-state index in [2.05, 4.69) is 10.4 Å². The molecule has 0 radical (unpaired) electrons. The Morgan fingerprint density at radius 3 is 2.60 bits per heavy atom. The summed E-state index contributed by atoms with van der Waals surface area (Å²) >= 11 is 0. The highest BCUT2D eigenvalue weighted by Crippen LogP contribution is 2.25. The molecular weight excluding hydrogens is 379 g/mol. The van der Waals surface area contributed by atoms with Crippen LogP contribution in [0.25, 0.3) is 0 Å². The van der Waals surface area contributed by atoms with Gasteiger partial charge >= 0.3 is 6.03 Å². The lowest BCUT2D eigenvalue weighted by molar-refractivity contribution is 0.163. The summed E-state index contributed by atoms with van der Waals surface area (Å²) in [7, 11) is 0. The number of hydrogen-bond donors (Lipinski definition) is 1. The highest BCUT2D eigenvalue weighted by atomic mass is 19.1. The average Bonchev–Trinajstić information content (AvgIpc) is 3.27. The largest absolute Gasteiger partial charge is 0.322 e. The molecule has 1 N–H and O–H groups in total. The summed E-state index contributed by atoms with van der Waals surface area (Å²) in [5, 5.41) is 7.31. The molecule has 1 aromatic heterocycles. The Morgan fingerprint density at radius 2 is 1.87 bits per heavy atom. The molecule has 156 valence electrons. The maximum Gasteiger partial charge on any atom is 0.322 e. The lowest BCUT2D eigenvalue weighted by Gasteiger charge is -2.34. The van der Waals surface area contributed by atoms with Crippen molar-refractivity contribution >= 4 is 11.7 Å². The first-order valence-electron chi connectivity index (χ1n) is 10.6. The van der Waals surface area contributed by atoms with E-state index in [0.29, 0.717) is 13.1 Å². The van der Waals surface area contributed by atoms with E-state index in [4.69, 9.17) is 0 Å². The lowest BCUT2D eigenvalue weighted by Crippen LogP contribution is -2.43. The minimum atomic E-state index is -0.263. The van der Waals surface area contributed by atoms with E-state index in [-0.39, 0.29) is 17.9 Å². The van der Waals surface area contributed by atoms with Crippen molar-refractivity contribution in [3.05, 3.63) is 83.9 Å². The van der Waals surface area contributed by atoms with Gasteiger partial charge in [-0.3, -0.25) is 4.68 Å². The standard InChI is InChI=1S/C24H27FN4O/c25-21-12-10-19(11-13-21)18-29(23-8-2-1-3-9-23)24(30)27-22-7-4-6-20(16-22)17-28-15-5-14-26-28/h4-7,10-16,23H,1-3,8-9,17-18H2,(H,27,30). The number of nitrogens with zero attached hydrogens (tertiary/aromatic N) is 3. The molecule has 2 amide bonds. The van der Waals surface area contributed by atoms with Crippen LogP contribution in [-0.2, 0) is 13.1 Å². The number of rotatable bonds is 6. The number of carbonyl (C=O) groups is 1. The highest BCUT2D eigenvalue weighted by molar-refractivity contribution is 5.89. The fourth-order valence-electron chi connectivity index (χ4n) is 4.07. The van der Waals surface area contributed by atoms with E-state index in [1.165, 1.54) is 18.6 Å². The molecule has 6 heteroatoms. The summed E-state index contributed by atoms with van der Waals surface area (Å²) in [4.78, 5) is 15.1. The Hall–Kier alpha value is -3.15. The second kappa shape index (κ2) is 9.57. The molecule has 5 nitrogen and oxygen atoms in total. The van der Waals surface area contributed by atoms with Gasteiger partial charge in [-0.2, -0.15) is 5.10 Å². The number of nitrogens with one attached hydrogen (secondary N) is 1. The van der Waals surface area contributed by atoms with Crippen molar-refractivity contribution in [1.29, 1.82) is 0 Å². The second-order valence-electron chi connectivity index (χ2n) is 7.88. The van der Waals surface area contributed by atoms with Crippen molar-refractivity contribution in [2.24, 2.45) is 0 Å². The molecule has 0 spiro atoms. The molecule has 1 saturated carbocycles. The third kappa shape index (κ3) is 5.26. The first-order chi connectivity index (χ1) is 14.7. The van der Waals surface area contributed by atoms with Gasteiger partial charge in [-0.15, -0.1) is 0 Å². The van der Waals surface area contributed by atoms with Crippen molar-refractivity contribution in [2.75, 3.05) is 5.32 Å². The molecule has 0 bridgehead atoms. The number of anilines is 1. The molecule has 0 atom stereocenters. The van der Waals surface area contributed by atoms with E-state index in [0.717, 1.165) is 42.5 Å². The Morgan fingerprint density at radius 1 is 1.07 bits per heavy atom. The zero-order chi connectivity index (χ0) is 20.8. The molecule has 3 aromatic rings. The number of halogens is 1. The monoisotopic (exact) mass is 406 g/mol. The summed E-state index contributed by atoms with van der Waals surface area (Å²) < 4.78 is 15.2. The average molecular weight is 407 g/mol. The summed E-state index contributed by atoms with van der Waals surface area (Å²) in [6.07, 6.45) is 9.18. The van der Waals surface area contributed by atoms with Crippen LogP contribution in [0.4, 0.5) is 14.9 Å². The fraction of sp³-hybridized carbons (Fsp3) is 0.333. The van der Waals surface area contributed by atoms with Crippen molar-refractivity contribution < 1.29 is 9.18 Å². The summed E-state index contributed by atoms with van der Waals surface area (Å²) in [5.74, 6) is -0.263. The van der Waals surface area contributed by atoms with Crippen LogP contribution in [0.15, 0.2) is 67.0 Å². The summed E-state index contributed by atoms with van der Waals surface area (Å²) in [6, 6.07) is 16.2.